The molecule has 1 aliphatic heterocycles. The van der Waals surface area contributed by atoms with Crippen LogP contribution in [0.2, 0.25) is 0 Å². The topological polar surface area (TPSA) is 37.4 Å². The summed E-state index contributed by atoms with van der Waals surface area (Å²) in [7, 11) is 1.80. The minimum Gasteiger partial charge on any atom is -0.384 e. The Morgan fingerprint density at radius 2 is 2.25 bits per heavy atom. The van der Waals surface area contributed by atoms with Crippen LogP contribution in [0.1, 0.15) is 36.3 Å². The maximum Gasteiger partial charge on any atom is 0.185 e. The minimum absolute atomic E-state index is 0.658. The number of rotatable bonds is 6. The van der Waals surface area contributed by atoms with Crippen LogP contribution in [0.15, 0.2) is 0 Å². The molecule has 1 atom stereocenters. The van der Waals surface area contributed by atoms with Crippen molar-refractivity contribution in [2.45, 2.75) is 45.2 Å². The minimum atomic E-state index is 0.658. The molecule has 5 heteroatoms. The Labute approximate surface area is 125 Å². The second kappa shape index (κ2) is 6.41. The largest absolute Gasteiger partial charge is 0.384 e. The zero-order valence-electron chi connectivity index (χ0n) is 12.5. The normalized spacial score (nSPS) is 23.3. The first kappa shape index (κ1) is 14.3. The third kappa shape index (κ3) is 3.51. The maximum atomic E-state index is 5.31. The van der Waals surface area contributed by atoms with E-state index in [1.165, 1.54) is 41.4 Å². The summed E-state index contributed by atoms with van der Waals surface area (Å²) in [5, 5.41) is 4.80. The Kier molecular flexibility index (Phi) is 4.58. The van der Waals surface area contributed by atoms with E-state index in [2.05, 4.69) is 17.1 Å². The quantitative estimate of drug-likeness (QED) is 0.875. The number of aromatic nitrogens is 1. The van der Waals surface area contributed by atoms with Crippen molar-refractivity contribution < 1.29 is 4.74 Å². The van der Waals surface area contributed by atoms with Gasteiger partial charge in [0.2, 0.25) is 0 Å². The second-order valence-electron chi connectivity index (χ2n) is 6.07. The van der Waals surface area contributed by atoms with Crippen LogP contribution in [-0.4, -0.2) is 37.8 Å². The first-order valence-electron chi connectivity index (χ1n) is 7.70. The highest BCUT2D eigenvalue weighted by Gasteiger charge is 2.24. The number of nitrogens with zero attached hydrogens (tertiary/aromatic N) is 2. The summed E-state index contributed by atoms with van der Waals surface area (Å²) in [5.41, 5.74) is 1.20. The summed E-state index contributed by atoms with van der Waals surface area (Å²) < 4.78 is 5.31. The Bertz CT molecular complexity index is 442. The molecule has 2 fully saturated rings. The standard InChI is InChI=1S/C15H25N3OS/c1-11-14(8-16-13-5-6-13)20-15(17-11)18-7-3-4-12(9-18)10-19-2/h12-13,16H,3-10H2,1-2H3. The SMILES string of the molecule is COCC1CCCN(c2nc(C)c(CNC3CC3)s2)C1. The third-order valence-corrected chi connectivity index (χ3v) is 5.42. The van der Waals surface area contributed by atoms with E-state index in [1.54, 1.807) is 7.11 Å². The molecule has 0 radical (unpaired) electrons. The Balaban J connectivity index is 1.61. The lowest BCUT2D eigenvalue weighted by atomic mass is 9.99. The van der Waals surface area contributed by atoms with Gasteiger partial charge in [-0.15, -0.1) is 11.3 Å². The van der Waals surface area contributed by atoms with Crippen molar-refractivity contribution in [3.63, 3.8) is 0 Å². The summed E-state index contributed by atoms with van der Waals surface area (Å²) in [6, 6.07) is 0.765. The van der Waals surface area contributed by atoms with Crippen LogP contribution in [0.3, 0.4) is 0 Å². The predicted molar refractivity (Wildman–Crippen MR) is 83.5 cm³/mol. The fourth-order valence-electron chi connectivity index (χ4n) is 2.85. The molecule has 2 aliphatic rings. The molecular formula is C15H25N3OS. The molecule has 1 aromatic rings. The van der Waals surface area contributed by atoms with E-state index in [4.69, 9.17) is 9.72 Å². The molecule has 1 aliphatic carbocycles. The van der Waals surface area contributed by atoms with Crippen molar-refractivity contribution >= 4 is 16.5 Å². The van der Waals surface area contributed by atoms with E-state index in [-0.39, 0.29) is 0 Å². The van der Waals surface area contributed by atoms with Crippen molar-refractivity contribution in [1.82, 2.24) is 10.3 Å². The fourth-order valence-corrected chi connectivity index (χ4v) is 3.89. The van der Waals surface area contributed by atoms with Gasteiger partial charge in [0, 0.05) is 37.7 Å². The zero-order chi connectivity index (χ0) is 13.9. The molecule has 1 N–H and O–H groups in total. The molecule has 0 aromatic carbocycles. The van der Waals surface area contributed by atoms with Gasteiger partial charge in [-0.25, -0.2) is 4.98 Å². The van der Waals surface area contributed by atoms with Crippen LogP contribution in [0.25, 0.3) is 0 Å². The molecule has 1 unspecified atom stereocenters. The summed E-state index contributed by atoms with van der Waals surface area (Å²) in [4.78, 5) is 8.64. The predicted octanol–water partition coefficient (Wildman–Crippen LogP) is 2.57. The number of aryl methyl sites for hydroxylation is 1. The Hall–Kier alpha value is -0.650. The molecule has 2 heterocycles. The lowest BCUT2D eigenvalue weighted by Crippen LogP contribution is -2.37. The first-order chi connectivity index (χ1) is 9.76. The van der Waals surface area contributed by atoms with Crippen molar-refractivity contribution in [2.75, 3.05) is 31.7 Å². The highest BCUT2D eigenvalue weighted by Crippen LogP contribution is 2.30. The first-order valence-corrected chi connectivity index (χ1v) is 8.51. The molecule has 1 aromatic heterocycles. The van der Waals surface area contributed by atoms with Crippen LogP contribution >= 0.6 is 11.3 Å². The number of hydrogen-bond donors (Lipinski definition) is 1. The number of piperidine rings is 1. The molecule has 20 heavy (non-hydrogen) atoms. The van der Waals surface area contributed by atoms with Gasteiger partial charge in [0.25, 0.3) is 0 Å². The highest BCUT2D eigenvalue weighted by molar-refractivity contribution is 7.15. The Morgan fingerprint density at radius 3 is 3.00 bits per heavy atom. The molecule has 0 bridgehead atoms. The van der Waals surface area contributed by atoms with Crippen LogP contribution in [-0.2, 0) is 11.3 Å². The zero-order valence-corrected chi connectivity index (χ0v) is 13.3. The van der Waals surface area contributed by atoms with Crippen molar-refractivity contribution in [3.8, 4) is 0 Å². The lowest BCUT2D eigenvalue weighted by molar-refractivity contribution is 0.143. The third-order valence-electron chi connectivity index (χ3n) is 4.20. The molecule has 1 saturated carbocycles. The average molecular weight is 295 g/mol. The maximum absolute atomic E-state index is 5.31. The van der Waals surface area contributed by atoms with Crippen molar-refractivity contribution in [1.29, 1.82) is 0 Å². The molecule has 1 saturated heterocycles. The molecule has 4 nitrogen and oxygen atoms in total. The van der Waals surface area contributed by atoms with Crippen LogP contribution in [0.5, 0.6) is 0 Å². The summed E-state index contributed by atoms with van der Waals surface area (Å²) in [6.07, 6.45) is 5.22. The van der Waals surface area contributed by atoms with Crippen LogP contribution < -0.4 is 10.2 Å². The van der Waals surface area contributed by atoms with E-state index in [9.17, 15) is 0 Å². The van der Waals surface area contributed by atoms with Gasteiger partial charge >= 0.3 is 0 Å². The van der Waals surface area contributed by atoms with E-state index in [0.717, 1.165) is 32.3 Å². The smallest absolute Gasteiger partial charge is 0.185 e. The number of anilines is 1. The van der Waals surface area contributed by atoms with E-state index < -0.39 is 0 Å². The average Bonchev–Trinajstić information content (AvgIpc) is 3.20. The lowest BCUT2D eigenvalue weighted by Gasteiger charge is -2.32. The van der Waals surface area contributed by atoms with Gasteiger partial charge in [-0.2, -0.15) is 0 Å². The number of nitrogens with one attached hydrogen (secondary N) is 1. The number of ether oxygens (including phenoxy) is 1. The summed E-state index contributed by atoms with van der Waals surface area (Å²) in [5.74, 6) is 0.658. The van der Waals surface area contributed by atoms with Gasteiger partial charge in [0.1, 0.15) is 0 Å². The molecular weight excluding hydrogens is 270 g/mol. The summed E-state index contributed by atoms with van der Waals surface area (Å²) >= 11 is 1.87. The Morgan fingerprint density at radius 1 is 1.40 bits per heavy atom. The van der Waals surface area contributed by atoms with Gasteiger partial charge in [0.05, 0.1) is 12.3 Å². The van der Waals surface area contributed by atoms with Crippen molar-refractivity contribution in [3.05, 3.63) is 10.6 Å². The van der Waals surface area contributed by atoms with E-state index >= 15 is 0 Å². The van der Waals surface area contributed by atoms with E-state index in [0.29, 0.717) is 5.92 Å². The summed E-state index contributed by atoms with van der Waals surface area (Å²) in [6.45, 7) is 6.24. The van der Waals surface area contributed by atoms with Gasteiger partial charge in [-0.1, -0.05) is 0 Å². The van der Waals surface area contributed by atoms with Gasteiger partial charge in [0.15, 0.2) is 5.13 Å². The molecule has 3 rings (SSSR count). The monoisotopic (exact) mass is 295 g/mol. The highest BCUT2D eigenvalue weighted by atomic mass is 32.1. The van der Waals surface area contributed by atoms with Crippen molar-refractivity contribution in [2.24, 2.45) is 5.92 Å². The van der Waals surface area contributed by atoms with E-state index in [1.807, 2.05) is 11.3 Å². The molecule has 0 amide bonds. The number of hydrogen-bond acceptors (Lipinski definition) is 5. The van der Waals surface area contributed by atoms with Gasteiger partial charge in [-0.3, -0.25) is 0 Å². The number of thiazole rings is 1. The second-order valence-corrected chi connectivity index (χ2v) is 7.13. The molecule has 0 spiro atoms. The molecule has 112 valence electrons. The van der Waals surface area contributed by atoms with Gasteiger partial charge < -0.3 is 15.0 Å². The number of methoxy groups -OCH3 is 1. The van der Waals surface area contributed by atoms with Crippen LogP contribution in [0, 0.1) is 12.8 Å². The van der Waals surface area contributed by atoms with Gasteiger partial charge in [-0.05, 0) is 38.5 Å². The van der Waals surface area contributed by atoms with Crippen LogP contribution in [0.4, 0.5) is 5.13 Å². The fraction of sp³-hybridized carbons (Fsp3) is 0.800.